The third-order valence-electron chi connectivity index (χ3n) is 4.56. The van der Waals surface area contributed by atoms with E-state index in [1.54, 1.807) is 30.5 Å². The first-order valence-corrected chi connectivity index (χ1v) is 9.08. The predicted molar refractivity (Wildman–Crippen MR) is 108 cm³/mol. The van der Waals surface area contributed by atoms with Gasteiger partial charge in [-0.3, -0.25) is 9.59 Å². The molecule has 0 radical (unpaired) electrons. The number of rotatable bonds is 4. The lowest BCUT2D eigenvalue weighted by molar-refractivity contribution is 0.103. The highest BCUT2D eigenvalue weighted by molar-refractivity contribution is 6.31. The second-order valence-electron chi connectivity index (χ2n) is 6.32. The van der Waals surface area contributed by atoms with Gasteiger partial charge in [-0.15, -0.1) is 0 Å². The number of nitrogens with zero attached hydrogens (tertiary/aromatic N) is 2. The van der Waals surface area contributed by atoms with Crippen LogP contribution in [0.15, 0.2) is 59.5 Å². The van der Waals surface area contributed by atoms with Gasteiger partial charge >= 0.3 is 0 Å². The number of halogens is 1. The van der Waals surface area contributed by atoms with Crippen LogP contribution in [0.1, 0.15) is 22.8 Å². The van der Waals surface area contributed by atoms with Crippen LogP contribution in [0.4, 0.5) is 0 Å². The quantitative estimate of drug-likeness (QED) is 0.513. The van der Waals surface area contributed by atoms with Gasteiger partial charge in [0.05, 0.1) is 22.2 Å². The number of hydrogen-bond acceptors (Lipinski definition) is 4. The molecule has 2 aromatic carbocycles. The van der Waals surface area contributed by atoms with E-state index in [4.69, 9.17) is 11.6 Å². The van der Waals surface area contributed by atoms with Crippen molar-refractivity contribution in [1.29, 1.82) is 0 Å². The monoisotopic (exact) mass is 393 g/mol. The van der Waals surface area contributed by atoms with E-state index < -0.39 is 0 Å². The molecule has 0 saturated heterocycles. The summed E-state index contributed by atoms with van der Waals surface area (Å²) in [4.78, 5) is 32.6. The van der Waals surface area contributed by atoms with E-state index in [1.165, 1.54) is 18.2 Å². The maximum Gasteiger partial charge on any atom is 0.259 e. The Balaban J connectivity index is 1.84. The molecule has 4 rings (SSSR count). The average molecular weight is 394 g/mol. The molecule has 2 aromatic heterocycles. The van der Waals surface area contributed by atoms with Crippen LogP contribution in [-0.2, 0) is 6.54 Å². The average Bonchev–Trinajstić information content (AvgIpc) is 3.14. The number of carbonyl (C=O) groups is 1. The highest BCUT2D eigenvalue weighted by Gasteiger charge is 2.19. The molecular weight excluding hydrogens is 378 g/mol. The first-order chi connectivity index (χ1) is 13.5. The molecular formula is C21H16ClN3O3. The molecule has 0 aliphatic heterocycles. The molecule has 0 atom stereocenters. The standard InChI is InChI=1S/C21H16ClN3O3/c1-2-25-11-12(19(27)15-10-13(22)7-8-18(15)26)9-17(25)20-23-16-6-4-3-5-14(16)21(28)24-20/h3-11,26H,2H2,1H3,(H,23,24,28). The Bertz CT molecular complexity index is 1270. The van der Waals surface area contributed by atoms with Crippen LogP contribution in [-0.4, -0.2) is 25.4 Å². The highest BCUT2D eigenvalue weighted by Crippen LogP contribution is 2.27. The zero-order valence-corrected chi connectivity index (χ0v) is 15.7. The number of phenols is 1. The molecule has 28 heavy (non-hydrogen) atoms. The zero-order chi connectivity index (χ0) is 19.8. The molecule has 0 aliphatic rings. The van der Waals surface area contributed by atoms with Gasteiger partial charge in [0.1, 0.15) is 5.75 Å². The number of aromatic hydroxyl groups is 1. The summed E-state index contributed by atoms with van der Waals surface area (Å²) in [5.41, 5.74) is 1.42. The summed E-state index contributed by atoms with van der Waals surface area (Å²) >= 11 is 5.96. The maximum absolute atomic E-state index is 12.9. The molecule has 0 saturated carbocycles. The highest BCUT2D eigenvalue weighted by atomic mass is 35.5. The lowest BCUT2D eigenvalue weighted by atomic mass is 10.0. The molecule has 4 aromatic rings. The van der Waals surface area contributed by atoms with Gasteiger partial charge in [-0.1, -0.05) is 23.7 Å². The summed E-state index contributed by atoms with van der Waals surface area (Å²) in [6, 6.07) is 13.0. The Labute approximate surface area is 165 Å². The van der Waals surface area contributed by atoms with Crippen LogP contribution in [0.5, 0.6) is 5.75 Å². The van der Waals surface area contributed by atoms with E-state index in [-0.39, 0.29) is 22.7 Å². The van der Waals surface area contributed by atoms with Crippen LogP contribution >= 0.6 is 11.6 Å². The molecule has 0 amide bonds. The molecule has 0 fully saturated rings. The Hall–Kier alpha value is -3.38. The summed E-state index contributed by atoms with van der Waals surface area (Å²) in [6.07, 6.45) is 1.67. The molecule has 0 aliphatic carbocycles. The van der Waals surface area contributed by atoms with Crippen molar-refractivity contribution in [3.63, 3.8) is 0 Å². The summed E-state index contributed by atoms with van der Waals surface area (Å²) in [6.45, 7) is 2.49. The molecule has 0 unspecified atom stereocenters. The number of fused-ring (bicyclic) bond motifs is 1. The summed E-state index contributed by atoms with van der Waals surface area (Å²) in [7, 11) is 0. The van der Waals surface area contributed by atoms with E-state index in [9.17, 15) is 14.7 Å². The summed E-state index contributed by atoms with van der Waals surface area (Å²) < 4.78 is 1.82. The molecule has 0 spiro atoms. The van der Waals surface area contributed by atoms with Gasteiger partial charge in [-0.2, -0.15) is 0 Å². The Morgan fingerprint density at radius 1 is 1.21 bits per heavy atom. The second kappa shape index (κ2) is 6.98. The molecule has 140 valence electrons. The van der Waals surface area contributed by atoms with Crippen molar-refractivity contribution < 1.29 is 9.90 Å². The van der Waals surface area contributed by atoms with Crippen molar-refractivity contribution in [2.24, 2.45) is 0 Å². The van der Waals surface area contributed by atoms with Crippen molar-refractivity contribution in [3.8, 4) is 17.3 Å². The minimum atomic E-state index is -0.364. The molecule has 2 N–H and O–H groups in total. The van der Waals surface area contributed by atoms with Gasteiger partial charge in [0.2, 0.25) is 0 Å². The van der Waals surface area contributed by atoms with Crippen molar-refractivity contribution in [2.45, 2.75) is 13.5 Å². The molecule has 2 heterocycles. The fraction of sp³-hybridized carbons (Fsp3) is 0.0952. The number of aromatic amines is 1. The fourth-order valence-electron chi connectivity index (χ4n) is 3.15. The third kappa shape index (κ3) is 3.08. The predicted octanol–water partition coefficient (Wildman–Crippen LogP) is 4.00. The van der Waals surface area contributed by atoms with Gasteiger partial charge in [0.25, 0.3) is 5.56 Å². The number of aromatic nitrogens is 3. The Morgan fingerprint density at radius 3 is 2.79 bits per heavy atom. The van der Waals surface area contributed by atoms with Crippen LogP contribution in [0.25, 0.3) is 22.4 Å². The number of aryl methyl sites for hydroxylation is 1. The lowest BCUT2D eigenvalue weighted by Gasteiger charge is -2.06. The summed E-state index contributed by atoms with van der Waals surface area (Å²) in [5, 5.41) is 10.9. The number of H-pyrrole nitrogens is 1. The lowest BCUT2D eigenvalue weighted by Crippen LogP contribution is -2.10. The van der Waals surface area contributed by atoms with Crippen LogP contribution in [0.2, 0.25) is 5.02 Å². The number of hydrogen-bond donors (Lipinski definition) is 2. The zero-order valence-electron chi connectivity index (χ0n) is 14.9. The van der Waals surface area contributed by atoms with Gasteiger partial charge in [0.15, 0.2) is 11.6 Å². The Kier molecular flexibility index (Phi) is 4.49. The van der Waals surface area contributed by atoms with Crippen molar-refractivity contribution in [3.05, 3.63) is 81.2 Å². The number of nitrogens with one attached hydrogen (secondary N) is 1. The SMILES string of the molecule is CCn1cc(C(=O)c2cc(Cl)ccc2O)cc1-c1nc2ccccc2c(=O)[nH]1. The van der Waals surface area contributed by atoms with Crippen molar-refractivity contribution >= 4 is 28.3 Å². The van der Waals surface area contributed by atoms with E-state index >= 15 is 0 Å². The first-order valence-electron chi connectivity index (χ1n) is 8.70. The van der Waals surface area contributed by atoms with Gasteiger partial charge in [-0.05, 0) is 43.3 Å². The van der Waals surface area contributed by atoms with Crippen molar-refractivity contribution in [2.75, 3.05) is 0 Å². The number of carbonyl (C=O) groups excluding carboxylic acids is 1. The van der Waals surface area contributed by atoms with Crippen LogP contribution in [0.3, 0.4) is 0 Å². The molecule has 7 heteroatoms. The number of phenolic OH excluding ortho intramolecular Hbond substituents is 1. The fourth-order valence-corrected chi connectivity index (χ4v) is 3.32. The smallest absolute Gasteiger partial charge is 0.259 e. The largest absolute Gasteiger partial charge is 0.507 e. The topological polar surface area (TPSA) is 88.0 Å². The minimum absolute atomic E-state index is 0.118. The Morgan fingerprint density at radius 2 is 2.00 bits per heavy atom. The maximum atomic E-state index is 12.9. The molecule has 0 bridgehead atoms. The number of ketones is 1. The van der Waals surface area contributed by atoms with Crippen LogP contribution < -0.4 is 5.56 Å². The van der Waals surface area contributed by atoms with E-state index in [1.807, 2.05) is 17.6 Å². The number of para-hydroxylation sites is 1. The van der Waals surface area contributed by atoms with Gasteiger partial charge < -0.3 is 14.7 Å². The van der Waals surface area contributed by atoms with E-state index in [2.05, 4.69) is 9.97 Å². The number of benzene rings is 2. The second-order valence-corrected chi connectivity index (χ2v) is 6.76. The minimum Gasteiger partial charge on any atom is -0.507 e. The molecule has 6 nitrogen and oxygen atoms in total. The van der Waals surface area contributed by atoms with E-state index in [0.29, 0.717) is 39.6 Å². The summed E-state index contributed by atoms with van der Waals surface area (Å²) in [5.74, 6) is -0.131. The normalized spacial score (nSPS) is 11.1. The van der Waals surface area contributed by atoms with Crippen molar-refractivity contribution in [1.82, 2.24) is 14.5 Å². The van der Waals surface area contributed by atoms with Gasteiger partial charge in [-0.25, -0.2) is 4.98 Å². The van der Waals surface area contributed by atoms with Crippen LogP contribution in [0, 0.1) is 0 Å². The third-order valence-corrected chi connectivity index (χ3v) is 4.79. The first kappa shape index (κ1) is 18.0. The van der Waals surface area contributed by atoms with E-state index in [0.717, 1.165) is 0 Å². The van der Waals surface area contributed by atoms with Gasteiger partial charge in [0, 0.05) is 23.3 Å².